The van der Waals surface area contributed by atoms with Crippen molar-refractivity contribution in [3.05, 3.63) is 314 Å². The van der Waals surface area contributed by atoms with Crippen LogP contribution in [-0.4, -0.2) is 0 Å². The first-order valence-corrected chi connectivity index (χ1v) is 29.3. The maximum absolute atomic E-state index is 6.87. The van der Waals surface area contributed by atoms with Gasteiger partial charge in [-0.2, -0.15) is 0 Å². The van der Waals surface area contributed by atoms with Crippen molar-refractivity contribution in [2.45, 2.75) is 13.8 Å². The molecule has 1 heterocycles. The molecule has 0 saturated heterocycles. The standard InChI is InChI=1S/C82H56N2O/c1-53-26-21-23-41-70(53)84(71-42-25-40-67-64-39-22-24-43-73(64)85-82(67)71)63-47-49-66-69(52-63)77(59-35-17-7-18-36-59)81-78-74(56-29-11-4-12-30-56)65-48-46-62(83(61-37-19-8-20-38-61)72-50-60(45-44-54(72)2)55-27-9-3-10-28-55)51-68(65)76(58-33-15-6-16-34-58)80(78)79(81)75(66)57-31-13-5-14-32-57/h3-52H,1-2H3. The van der Waals surface area contributed by atoms with Gasteiger partial charge in [0, 0.05) is 39.2 Å². The molecule has 0 unspecified atom stereocenters. The summed E-state index contributed by atoms with van der Waals surface area (Å²) in [5.74, 6) is 0. The maximum atomic E-state index is 6.87. The third kappa shape index (κ3) is 8.19. The molecule has 3 nitrogen and oxygen atoms in total. The molecule has 0 amide bonds. The van der Waals surface area contributed by atoms with Crippen LogP contribution < -0.4 is 9.80 Å². The lowest BCUT2D eigenvalue weighted by Gasteiger charge is -2.38. The van der Waals surface area contributed by atoms with Crippen LogP contribution in [0.5, 0.6) is 0 Å². The molecule has 0 saturated carbocycles. The van der Waals surface area contributed by atoms with Crippen LogP contribution in [0.25, 0.3) is 121 Å². The second-order valence-electron chi connectivity index (χ2n) is 22.3. The lowest BCUT2D eigenvalue weighted by atomic mass is 9.65. The molecule has 0 bridgehead atoms. The molecule has 16 rings (SSSR count). The molecule has 0 atom stereocenters. The van der Waals surface area contributed by atoms with Gasteiger partial charge < -0.3 is 14.2 Å². The first kappa shape index (κ1) is 49.8. The van der Waals surface area contributed by atoms with Crippen LogP contribution in [-0.2, 0) is 0 Å². The largest absolute Gasteiger partial charge is 0.454 e. The van der Waals surface area contributed by atoms with Gasteiger partial charge in [0.2, 0.25) is 0 Å². The molecule has 0 aliphatic heterocycles. The Kier molecular flexibility index (Phi) is 12.0. The molecule has 14 aromatic carbocycles. The van der Waals surface area contributed by atoms with E-state index in [2.05, 4.69) is 327 Å². The Balaban J connectivity index is 1.03. The van der Waals surface area contributed by atoms with Gasteiger partial charge in [-0.15, -0.1) is 0 Å². The van der Waals surface area contributed by atoms with Crippen LogP contribution in [0.2, 0.25) is 0 Å². The zero-order valence-corrected chi connectivity index (χ0v) is 47.2. The quantitative estimate of drug-likeness (QED) is 0.129. The first-order chi connectivity index (χ1) is 42.1. The molecule has 15 aromatic rings. The van der Waals surface area contributed by atoms with Gasteiger partial charge in [0.05, 0.1) is 5.69 Å². The highest BCUT2D eigenvalue weighted by Crippen LogP contribution is 2.66. The van der Waals surface area contributed by atoms with E-state index in [9.17, 15) is 0 Å². The Hall–Kier alpha value is -11.0. The molecule has 0 fully saturated rings. The number of para-hydroxylation sites is 4. The topological polar surface area (TPSA) is 19.6 Å². The minimum Gasteiger partial charge on any atom is -0.454 e. The zero-order chi connectivity index (χ0) is 56.5. The van der Waals surface area contributed by atoms with E-state index in [1.54, 1.807) is 0 Å². The number of aryl methyl sites for hydroxylation is 2. The molecule has 85 heavy (non-hydrogen) atoms. The van der Waals surface area contributed by atoms with E-state index in [4.69, 9.17) is 4.42 Å². The zero-order valence-electron chi connectivity index (χ0n) is 47.2. The fraction of sp³-hybridized carbons (Fsp3) is 0.0244. The van der Waals surface area contributed by atoms with E-state index < -0.39 is 0 Å². The summed E-state index contributed by atoms with van der Waals surface area (Å²) in [7, 11) is 0. The molecule has 0 radical (unpaired) electrons. The first-order valence-electron chi connectivity index (χ1n) is 29.3. The Morgan fingerprint density at radius 2 is 0.635 bits per heavy atom. The van der Waals surface area contributed by atoms with Crippen LogP contribution in [0, 0.1) is 13.8 Å². The number of fused-ring (bicyclic) bond motifs is 9. The maximum Gasteiger partial charge on any atom is 0.159 e. The average Bonchev–Trinajstić information content (AvgIpc) is 1.59. The highest BCUT2D eigenvalue weighted by atomic mass is 16.3. The summed E-state index contributed by atoms with van der Waals surface area (Å²) in [6, 6.07) is 111. The molecule has 0 N–H and O–H groups in total. The van der Waals surface area contributed by atoms with E-state index in [0.717, 1.165) is 67.2 Å². The Labute approximate surface area is 495 Å². The summed E-state index contributed by atoms with van der Waals surface area (Å²) >= 11 is 0. The summed E-state index contributed by atoms with van der Waals surface area (Å²) in [5.41, 5.74) is 27.4. The van der Waals surface area contributed by atoms with Gasteiger partial charge >= 0.3 is 0 Å². The number of hydrogen-bond acceptors (Lipinski definition) is 3. The van der Waals surface area contributed by atoms with Crippen LogP contribution >= 0.6 is 0 Å². The second kappa shape index (κ2) is 20.5. The van der Waals surface area contributed by atoms with Crippen molar-refractivity contribution in [2.24, 2.45) is 0 Å². The minimum atomic E-state index is 0.852. The molecule has 0 spiro atoms. The molecular weight excluding hydrogens is 1030 g/mol. The van der Waals surface area contributed by atoms with Gasteiger partial charge in [0.15, 0.2) is 5.58 Å². The molecular formula is C82H56N2O. The van der Waals surface area contributed by atoms with Crippen molar-refractivity contribution in [1.82, 2.24) is 0 Å². The van der Waals surface area contributed by atoms with E-state index >= 15 is 0 Å². The van der Waals surface area contributed by atoms with Crippen molar-refractivity contribution in [1.29, 1.82) is 0 Å². The number of furan rings is 1. The van der Waals surface area contributed by atoms with Crippen molar-refractivity contribution >= 4 is 77.6 Å². The second-order valence-corrected chi connectivity index (χ2v) is 22.3. The number of hydrogen-bond donors (Lipinski definition) is 0. The third-order valence-electron chi connectivity index (χ3n) is 17.4. The lowest BCUT2D eigenvalue weighted by Crippen LogP contribution is -2.13. The molecule has 1 aliphatic rings. The number of rotatable bonds is 11. The minimum absolute atomic E-state index is 0.852. The predicted molar refractivity (Wildman–Crippen MR) is 359 cm³/mol. The highest BCUT2D eigenvalue weighted by molar-refractivity contribution is 6.33. The van der Waals surface area contributed by atoms with Crippen LogP contribution in [0.1, 0.15) is 11.1 Å². The van der Waals surface area contributed by atoms with Gasteiger partial charge in [0.1, 0.15) is 5.58 Å². The van der Waals surface area contributed by atoms with Crippen LogP contribution in [0.3, 0.4) is 0 Å². The SMILES string of the molecule is Cc1ccc(-c2ccccc2)cc1N(c1ccccc1)c1ccc2c(-c3ccccc3)c3c(c(-c4ccccc4)c2c1)-c1c-3c(-c2ccccc2)c2cc(N(c3ccccc3C)c3cccc4c3oc3ccccc34)ccc2c1-c1ccccc1. The Morgan fingerprint density at radius 3 is 1.16 bits per heavy atom. The summed E-state index contributed by atoms with van der Waals surface area (Å²) in [6.45, 7) is 4.44. The fourth-order valence-electron chi connectivity index (χ4n) is 13.6. The van der Waals surface area contributed by atoms with Gasteiger partial charge in [-0.05, 0) is 185 Å². The normalized spacial score (nSPS) is 11.6. The summed E-state index contributed by atoms with van der Waals surface area (Å²) in [4.78, 5) is 4.87. The van der Waals surface area contributed by atoms with Crippen molar-refractivity contribution in [3.63, 3.8) is 0 Å². The van der Waals surface area contributed by atoms with Gasteiger partial charge in [-0.3, -0.25) is 0 Å². The van der Waals surface area contributed by atoms with Crippen molar-refractivity contribution in [3.8, 4) is 77.9 Å². The van der Waals surface area contributed by atoms with E-state index in [-0.39, 0.29) is 0 Å². The van der Waals surface area contributed by atoms with E-state index in [0.29, 0.717) is 0 Å². The van der Waals surface area contributed by atoms with Crippen molar-refractivity contribution in [2.75, 3.05) is 9.80 Å². The Bertz CT molecular complexity index is 5050. The van der Waals surface area contributed by atoms with Crippen molar-refractivity contribution < 1.29 is 4.42 Å². The van der Waals surface area contributed by atoms with Gasteiger partial charge in [0.25, 0.3) is 0 Å². The summed E-state index contributed by atoms with van der Waals surface area (Å²) in [5, 5.41) is 6.93. The number of benzene rings is 14. The average molecular weight is 1090 g/mol. The smallest absolute Gasteiger partial charge is 0.159 e. The van der Waals surface area contributed by atoms with E-state index in [1.807, 2.05) is 0 Å². The summed E-state index contributed by atoms with van der Waals surface area (Å²) < 4.78 is 6.87. The van der Waals surface area contributed by atoms with Gasteiger partial charge in [-0.25, -0.2) is 0 Å². The summed E-state index contributed by atoms with van der Waals surface area (Å²) in [6.07, 6.45) is 0. The number of anilines is 6. The lowest BCUT2D eigenvalue weighted by molar-refractivity contribution is 0.669. The number of nitrogens with zero attached hydrogens (tertiary/aromatic N) is 2. The predicted octanol–water partition coefficient (Wildman–Crippen LogP) is 23.4. The van der Waals surface area contributed by atoms with Crippen LogP contribution in [0.15, 0.2) is 308 Å². The van der Waals surface area contributed by atoms with Gasteiger partial charge in [-0.1, -0.05) is 243 Å². The van der Waals surface area contributed by atoms with E-state index in [1.165, 1.54) is 99.4 Å². The fourth-order valence-corrected chi connectivity index (χ4v) is 13.6. The molecule has 1 aliphatic carbocycles. The molecule has 3 heteroatoms. The van der Waals surface area contributed by atoms with Crippen LogP contribution in [0.4, 0.5) is 34.1 Å². The Morgan fingerprint density at radius 1 is 0.224 bits per heavy atom. The third-order valence-corrected chi connectivity index (χ3v) is 17.4. The monoisotopic (exact) mass is 1080 g/mol. The highest BCUT2D eigenvalue weighted by Gasteiger charge is 2.39. The molecule has 400 valence electrons. The molecule has 1 aromatic heterocycles.